The van der Waals surface area contributed by atoms with Crippen molar-refractivity contribution in [3.05, 3.63) is 75.8 Å². The first-order chi connectivity index (χ1) is 20.5. The van der Waals surface area contributed by atoms with Gasteiger partial charge in [0.15, 0.2) is 28.8 Å². The van der Waals surface area contributed by atoms with E-state index in [0.29, 0.717) is 70.8 Å². The molecule has 4 heterocycles. The van der Waals surface area contributed by atoms with Crippen LogP contribution in [0, 0.1) is 0 Å². The van der Waals surface area contributed by atoms with Gasteiger partial charge in [-0.25, -0.2) is 4.79 Å². The van der Waals surface area contributed by atoms with E-state index in [2.05, 4.69) is 9.88 Å². The summed E-state index contributed by atoms with van der Waals surface area (Å²) in [5.41, 5.74) is 1.88. The minimum atomic E-state index is -0.644. The van der Waals surface area contributed by atoms with Crippen molar-refractivity contribution in [1.29, 1.82) is 0 Å². The van der Waals surface area contributed by atoms with Crippen molar-refractivity contribution in [3.8, 4) is 34.3 Å². The van der Waals surface area contributed by atoms with Gasteiger partial charge in [-0.05, 0) is 42.8 Å². The maximum Gasteiger partial charge on any atom is 0.345 e. The molecule has 42 heavy (non-hydrogen) atoms. The lowest BCUT2D eigenvalue weighted by atomic mass is 10.0. The zero-order valence-electron chi connectivity index (χ0n) is 22.9. The molecule has 0 radical (unpaired) electrons. The molecule has 11 nitrogen and oxygen atoms in total. The van der Waals surface area contributed by atoms with E-state index in [9.17, 15) is 14.4 Å². The fourth-order valence-electron chi connectivity index (χ4n) is 5.80. The van der Waals surface area contributed by atoms with E-state index in [1.54, 1.807) is 35.0 Å². The molecule has 0 amide bonds. The van der Waals surface area contributed by atoms with E-state index < -0.39 is 5.97 Å². The number of pyridine rings is 2. The molecule has 1 saturated heterocycles. The Morgan fingerprint density at radius 2 is 1.74 bits per heavy atom. The van der Waals surface area contributed by atoms with Gasteiger partial charge in [0.05, 0.1) is 42.5 Å². The molecule has 4 aromatic rings. The zero-order valence-corrected chi connectivity index (χ0v) is 22.9. The first-order valence-electron chi connectivity index (χ1n) is 13.7. The number of fused-ring (bicyclic) bond motifs is 6. The maximum absolute atomic E-state index is 14.1. The molecule has 0 atom stereocenters. The molecule has 1 aliphatic carbocycles. The Labute approximate surface area is 240 Å². The Morgan fingerprint density at radius 3 is 2.48 bits per heavy atom. The molecule has 0 N–H and O–H groups in total. The average Bonchev–Trinajstić information content (AvgIpc) is 3.60. The summed E-state index contributed by atoms with van der Waals surface area (Å²) in [4.78, 5) is 47.3. The summed E-state index contributed by atoms with van der Waals surface area (Å²) in [7, 11) is 1.43. The van der Waals surface area contributed by atoms with Gasteiger partial charge in [-0.2, -0.15) is 0 Å². The van der Waals surface area contributed by atoms with E-state index in [4.69, 9.17) is 23.7 Å². The lowest BCUT2D eigenvalue weighted by Gasteiger charge is -2.26. The molecule has 0 bridgehead atoms. The van der Waals surface area contributed by atoms with Crippen LogP contribution in [0.5, 0.6) is 23.0 Å². The van der Waals surface area contributed by atoms with Crippen molar-refractivity contribution in [1.82, 2.24) is 14.5 Å². The highest BCUT2D eigenvalue weighted by molar-refractivity contribution is 6.27. The number of methoxy groups -OCH3 is 1. The normalized spacial score (nSPS) is 15.5. The summed E-state index contributed by atoms with van der Waals surface area (Å²) >= 11 is 0. The highest BCUT2D eigenvalue weighted by Crippen LogP contribution is 2.47. The number of benzene rings is 2. The molecule has 0 unspecified atom stereocenters. The van der Waals surface area contributed by atoms with Crippen LogP contribution in [0.4, 0.5) is 0 Å². The van der Waals surface area contributed by atoms with Crippen molar-refractivity contribution in [2.75, 3.05) is 46.8 Å². The lowest BCUT2D eigenvalue weighted by Crippen LogP contribution is -2.37. The molecule has 7 rings (SSSR count). The van der Waals surface area contributed by atoms with Crippen LogP contribution in [0.2, 0.25) is 0 Å². The standard InChI is InChI=1S/C31H27N3O8/c1-38-23-15-22-19(12-26(23)42-31(37)18-4-2-5-32-16-18)27-28(20-13-24-25(41-17-40-24)14-21(20)29(27)35)34(30(22)36)7-3-6-33-8-10-39-11-9-33/h2,4-5,12-16H,3,6-11,17H2,1H3. The number of ketones is 1. The summed E-state index contributed by atoms with van der Waals surface area (Å²) in [6.45, 7) is 4.31. The van der Waals surface area contributed by atoms with Crippen molar-refractivity contribution in [2.24, 2.45) is 0 Å². The van der Waals surface area contributed by atoms with Crippen LogP contribution in [-0.2, 0) is 11.3 Å². The Balaban J connectivity index is 1.37. The van der Waals surface area contributed by atoms with Crippen molar-refractivity contribution < 1.29 is 33.3 Å². The van der Waals surface area contributed by atoms with Gasteiger partial charge in [0.2, 0.25) is 6.79 Å². The van der Waals surface area contributed by atoms with Crippen LogP contribution >= 0.6 is 0 Å². The zero-order chi connectivity index (χ0) is 28.8. The van der Waals surface area contributed by atoms with Crippen LogP contribution < -0.4 is 24.5 Å². The minimum Gasteiger partial charge on any atom is -0.493 e. The van der Waals surface area contributed by atoms with E-state index in [1.165, 1.54) is 25.4 Å². The number of nitrogens with zero attached hydrogens (tertiary/aromatic N) is 3. The van der Waals surface area contributed by atoms with Gasteiger partial charge in [-0.1, -0.05) is 0 Å². The quantitative estimate of drug-likeness (QED) is 0.213. The second-order valence-electron chi connectivity index (χ2n) is 10.2. The number of esters is 1. The summed E-state index contributed by atoms with van der Waals surface area (Å²) in [5, 5.41) is 0.664. The fraction of sp³-hybridized carbons (Fsp3) is 0.290. The Bertz CT molecular complexity index is 1790. The number of carbonyl (C=O) groups excluding carboxylic acids is 2. The largest absolute Gasteiger partial charge is 0.493 e. The predicted molar refractivity (Wildman–Crippen MR) is 151 cm³/mol. The molecule has 2 aliphatic heterocycles. The van der Waals surface area contributed by atoms with Crippen LogP contribution in [-0.4, -0.2) is 73.0 Å². The molecule has 3 aliphatic rings. The molecule has 11 heteroatoms. The van der Waals surface area contributed by atoms with Gasteiger partial charge in [-0.15, -0.1) is 0 Å². The fourth-order valence-corrected chi connectivity index (χ4v) is 5.80. The first kappa shape index (κ1) is 26.2. The molecule has 0 spiro atoms. The maximum atomic E-state index is 14.1. The Hall–Kier alpha value is -4.74. The van der Waals surface area contributed by atoms with E-state index in [0.717, 1.165) is 19.6 Å². The predicted octanol–water partition coefficient (Wildman–Crippen LogP) is 3.29. The van der Waals surface area contributed by atoms with Crippen LogP contribution in [0.3, 0.4) is 0 Å². The van der Waals surface area contributed by atoms with Crippen LogP contribution in [0.1, 0.15) is 32.7 Å². The number of morpholine rings is 1. The smallest absolute Gasteiger partial charge is 0.345 e. The van der Waals surface area contributed by atoms with E-state index >= 15 is 0 Å². The monoisotopic (exact) mass is 569 g/mol. The molecule has 0 saturated carbocycles. The van der Waals surface area contributed by atoms with Gasteiger partial charge in [0.1, 0.15) is 0 Å². The van der Waals surface area contributed by atoms with Crippen molar-refractivity contribution in [2.45, 2.75) is 13.0 Å². The van der Waals surface area contributed by atoms with Crippen LogP contribution in [0.15, 0.2) is 53.6 Å². The summed E-state index contributed by atoms with van der Waals surface area (Å²) in [6.07, 6.45) is 3.65. The molecule has 214 valence electrons. The third-order valence-electron chi connectivity index (χ3n) is 7.85. The van der Waals surface area contributed by atoms with Gasteiger partial charge >= 0.3 is 5.97 Å². The number of hydrogen-bond donors (Lipinski definition) is 0. The summed E-state index contributed by atoms with van der Waals surface area (Å²) in [6, 6.07) is 9.71. The topological polar surface area (TPSA) is 118 Å². The second kappa shape index (κ2) is 10.6. The Morgan fingerprint density at radius 1 is 0.976 bits per heavy atom. The third kappa shape index (κ3) is 4.38. The number of hydrogen-bond acceptors (Lipinski definition) is 10. The van der Waals surface area contributed by atoms with Crippen LogP contribution in [0.25, 0.3) is 22.0 Å². The average molecular weight is 570 g/mol. The van der Waals surface area contributed by atoms with Gasteiger partial charge in [0.25, 0.3) is 5.56 Å². The molecule has 2 aromatic heterocycles. The third-order valence-corrected chi connectivity index (χ3v) is 7.85. The number of ether oxygens (including phenoxy) is 5. The SMILES string of the molecule is COc1cc2c(=O)n(CCCN3CCOCC3)c3c(c2cc1OC(=O)c1cccnc1)C(=O)c1cc2c(cc1-3)OCO2. The van der Waals surface area contributed by atoms with E-state index in [-0.39, 0.29) is 35.2 Å². The van der Waals surface area contributed by atoms with Gasteiger partial charge < -0.3 is 28.3 Å². The molecular weight excluding hydrogens is 542 g/mol. The van der Waals surface area contributed by atoms with Crippen molar-refractivity contribution >= 4 is 22.5 Å². The van der Waals surface area contributed by atoms with E-state index in [1.807, 2.05) is 0 Å². The van der Waals surface area contributed by atoms with Gasteiger partial charge in [0, 0.05) is 55.1 Å². The summed E-state index contributed by atoms with van der Waals surface area (Å²) in [5.74, 6) is 0.383. The minimum absolute atomic E-state index is 0.0643. The number of carbonyl (C=O) groups is 2. The molecule has 2 aromatic carbocycles. The Kier molecular flexibility index (Phi) is 6.60. The lowest BCUT2D eigenvalue weighted by molar-refractivity contribution is 0.0369. The number of rotatable bonds is 7. The van der Waals surface area contributed by atoms with Crippen molar-refractivity contribution in [3.63, 3.8) is 0 Å². The highest BCUT2D eigenvalue weighted by atomic mass is 16.7. The second-order valence-corrected chi connectivity index (χ2v) is 10.2. The van der Waals surface area contributed by atoms with Gasteiger partial charge in [-0.3, -0.25) is 19.5 Å². The molecule has 1 fully saturated rings. The molecular formula is C31H27N3O8. The highest BCUT2D eigenvalue weighted by Gasteiger charge is 2.36. The number of aromatic nitrogens is 2. The first-order valence-corrected chi connectivity index (χ1v) is 13.7. The summed E-state index contributed by atoms with van der Waals surface area (Å²) < 4.78 is 29.5.